The molecule has 0 aliphatic carbocycles. The van der Waals surface area contributed by atoms with Crippen molar-refractivity contribution in [3.05, 3.63) is 11.5 Å². The van der Waals surface area contributed by atoms with E-state index in [4.69, 9.17) is 16.3 Å². The monoisotopic (exact) mass is 281 g/mol. The Labute approximate surface area is 116 Å². The summed E-state index contributed by atoms with van der Waals surface area (Å²) in [5.74, 6) is 1.46. The molecular formula is C12H16ClN5O. The molecule has 1 saturated heterocycles. The molecule has 6 nitrogen and oxygen atoms in total. The van der Waals surface area contributed by atoms with Crippen molar-refractivity contribution in [2.24, 2.45) is 5.92 Å². The van der Waals surface area contributed by atoms with Crippen LogP contribution in [0.15, 0.2) is 6.20 Å². The van der Waals surface area contributed by atoms with Crippen molar-refractivity contribution in [1.29, 1.82) is 0 Å². The number of hydrogen-bond donors (Lipinski definition) is 1. The highest BCUT2D eigenvalue weighted by molar-refractivity contribution is 6.28. The van der Waals surface area contributed by atoms with Crippen LogP contribution in [0.5, 0.6) is 0 Å². The molecule has 3 rings (SSSR count). The van der Waals surface area contributed by atoms with Crippen molar-refractivity contribution in [1.82, 2.24) is 20.2 Å². The van der Waals surface area contributed by atoms with Crippen LogP contribution in [0.25, 0.3) is 11.0 Å². The Hall–Kier alpha value is -1.40. The zero-order valence-electron chi connectivity index (χ0n) is 10.8. The molecule has 0 unspecified atom stereocenters. The van der Waals surface area contributed by atoms with Crippen LogP contribution in [0, 0.1) is 5.92 Å². The van der Waals surface area contributed by atoms with Gasteiger partial charge in [0.25, 0.3) is 0 Å². The topological polar surface area (TPSA) is 66.9 Å². The molecule has 1 aliphatic rings. The lowest BCUT2D eigenvalue weighted by Gasteiger charge is -2.28. The molecule has 3 heterocycles. The van der Waals surface area contributed by atoms with E-state index in [1.54, 1.807) is 6.20 Å². The summed E-state index contributed by atoms with van der Waals surface area (Å²) >= 11 is 5.95. The SMILES string of the molecule is CN(CC1CCOCC1)c1nc(Cl)nc2[nH]ncc12. The number of halogens is 1. The van der Waals surface area contributed by atoms with Crippen molar-refractivity contribution in [3.8, 4) is 0 Å². The Kier molecular flexibility index (Phi) is 3.52. The number of nitrogens with zero attached hydrogens (tertiary/aromatic N) is 4. The van der Waals surface area contributed by atoms with Crippen molar-refractivity contribution < 1.29 is 4.74 Å². The van der Waals surface area contributed by atoms with E-state index in [-0.39, 0.29) is 5.28 Å². The van der Waals surface area contributed by atoms with Gasteiger partial charge in [-0.2, -0.15) is 15.1 Å². The molecule has 0 saturated carbocycles. The predicted octanol–water partition coefficient (Wildman–Crippen LogP) is 1.87. The smallest absolute Gasteiger partial charge is 0.226 e. The van der Waals surface area contributed by atoms with Gasteiger partial charge in [0.15, 0.2) is 5.65 Å². The normalized spacial score (nSPS) is 16.9. The Morgan fingerprint density at radius 3 is 3.00 bits per heavy atom. The number of rotatable bonds is 3. The molecule has 0 radical (unpaired) electrons. The Bertz CT molecular complexity index is 566. The maximum absolute atomic E-state index is 5.95. The highest BCUT2D eigenvalue weighted by Gasteiger charge is 2.19. The summed E-state index contributed by atoms with van der Waals surface area (Å²) in [4.78, 5) is 10.6. The van der Waals surface area contributed by atoms with Gasteiger partial charge in [0.2, 0.25) is 5.28 Å². The fourth-order valence-corrected chi connectivity index (χ4v) is 2.65. The van der Waals surface area contributed by atoms with E-state index in [2.05, 4.69) is 25.1 Å². The number of hydrogen-bond acceptors (Lipinski definition) is 5. The Balaban J connectivity index is 1.83. The molecule has 1 N–H and O–H groups in total. The summed E-state index contributed by atoms with van der Waals surface area (Å²) in [6.45, 7) is 2.64. The van der Waals surface area contributed by atoms with Crippen LogP contribution in [0.3, 0.4) is 0 Å². The van der Waals surface area contributed by atoms with E-state index in [0.717, 1.165) is 43.8 Å². The first-order valence-corrected chi connectivity index (χ1v) is 6.77. The third-order valence-corrected chi connectivity index (χ3v) is 3.67. The zero-order chi connectivity index (χ0) is 13.2. The van der Waals surface area contributed by atoms with Gasteiger partial charge in [0, 0.05) is 26.8 Å². The van der Waals surface area contributed by atoms with Crippen LogP contribution in [-0.4, -0.2) is 47.0 Å². The number of H-pyrrole nitrogens is 1. The molecule has 0 bridgehead atoms. The first-order valence-electron chi connectivity index (χ1n) is 6.39. The number of aromatic nitrogens is 4. The number of nitrogens with one attached hydrogen (secondary N) is 1. The maximum atomic E-state index is 5.95. The van der Waals surface area contributed by atoms with E-state index in [0.29, 0.717) is 11.6 Å². The molecule has 0 atom stereocenters. The quantitative estimate of drug-likeness (QED) is 0.870. The fraction of sp³-hybridized carbons (Fsp3) is 0.583. The number of ether oxygens (including phenoxy) is 1. The molecule has 0 amide bonds. The van der Waals surface area contributed by atoms with Crippen molar-refractivity contribution >= 4 is 28.5 Å². The summed E-state index contributed by atoms with van der Waals surface area (Å²) in [5, 5.41) is 7.97. The summed E-state index contributed by atoms with van der Waals surface area (Å²) in [5.41, 5.74) is 0.675. The minimum atomic E-state index is 0.241. The average Bonchev–Trinajstić information content (AvgIpc) is 2.86. The van der Waals surface area contributed by atoms with Gasteiger partial charge in [-0.1, -0.05) is 0 Å². The van der Waals surface area contributed by atoms with Gasteiger partial charge in [0.1, 0.15) is 5.82 Å². The Morgan fingerprint density at radius 1 is 1.42 bits per heavy atom. The van der Waals surface area contributed by atoms with E-state index in [1.165, 1.54) is 0 Å². The van der Waals surface area contributed by atoms with Gasteiger partial charge >= 0.3 is 0 Å². The van der Waals surface area contributed by atoms with Crippen LogP contribution in [0.4, 0.5) is 5.82 Å². The second-order valence-electron chi connectivity index (χ2n) is 4.88. The lowest BCUT2D eigenvalue weighted by molar-refractivity contribution is 0.0685. The standard InChI is InChI=1S/C12H16ClN5O/c1-18(7-8-2-4-19-5-3-8)11-9-6-14-17-10(9)15-12(13)16-11/h6,8H,2-5,7H2,1H3,(H,14,15,16,17). The fourth-order valence-electron chi connectivity index (χ4n) is 2.49. The molecule has 0 spiro atoms. The first kappa shape index (κ1) is 12.6. The lowest BCUT2D eigenvalue weighted by atomic mass is 10.00. The predicted molar refractivity (Wildman–Crippen MR) is 73.5 cm³/mol. The van der Waals surface area contributed by atoms with Gasteiger partial charge in [-0.25, -0.2) is 0 Å². The molecule has 102 valence electrons. The summed E-state index contributed by atoms with van der Waals surface area (Å²) < 4.78 is 5.38. The van der Waals surface area contributed by atoms with Crippen molar-refractivity contribution in [2.75, 3.05) is 31.7 Å². The number of anilines is 1. The highest BCUT2D eigenvalue weighted by Crippen LogP contribution is 2.25. The molecule has 7 heteroatoms. The van der Waals surface area contributed by atoms with E-state index in [1.807, 2.05) is 7.05 Å². The third-order valence-electron chi connectivity index (χ3n) is 3.50. The lowest BCUT2D eigenvalue weighted by Crippen LogP contribution is -2.30. The maximum Gasteiger partial charge on any atom is 0.226 e. The molecule has 19 heavy (non-hydrogen) atoms. The van der Waals surface area contributed by atoms with E-state index in [9.17, 15) is 0 Å². The van der Waals surface area contributed by atoms with Crippen LogP contribution >= 0.6 is 11.6 Å². The van der Waals surface area contributed by atoms with Gasteiger partial charge in [-0.15, -0.1) is 0 Å². The van der Waals surface area contributed by atoms with Crippen LogP contribution < -0.4 is 4.90 Å². The van der Waals surface area contributed by atoms with Crippen molar-refractivity contribution in [3.63, 3.8) is 0 Å². The van der Waals surface area contributed by atoms with Crippen LogP contribution in [0.2, 0.25) is 5.28 Å². The molecule has 2 aromatic rings. The zero-order valence-corrected chi connectivity index (χ0v) is 11.5. The Morgan fingerprint density at radius 2 is 2.21 bits per heavy atom. The summed E-state index contributed by atoms with van der Waals surface area (Å²) in [7, 11) is 2.03. The van der Waals surface area contributed by atoms with Gasteiger partial charge in [-0.3, -0.25) is 5.10 Å². The van der Waals surface area contributed by atoms with Gasteiger partial charge in [0.05, 0.1) is 11.6 Å². The van der Waals surface area contributed by atoms with Gasteiger partial charge < -0.3 is 9.64 Å². The molecule has 1 fully saturated rings. The van der Waals surface area contributed by atoms with E-state index < -0.39 is 0 Å². The van der Waals surface area contributed by atoms with Gasteiger partial charge in [-0.05, 0) is 30.4 Å². The first-order chi connectivity index (χ1) is 9.24. The highest BCUT2D eigenvalue weighted by atomic mass is 35.5. The number of aromatic amines is 1. The largest absolute Gasteiger partial charge is 0.381 e. The second-order valence-corrected chi connectivity index (χ2v) is 5.22. The average molecular weight is 282 g/mol. The number of fused-ring (bicyclic) bond motifs is 1. The van der Waals surface area contributed by atoms with Crippen LogP contribution in [0.1, 0.15) is 12.8 Å². The molecule has 1 aliphatic heterocycles. The van der Waals surface area contributed by atoms with Crippen LogP contribution in [-0.2, 0) is 4.74 Å². The minimum Gasteiger partial charge on any atom is -0.381 e. The molecule has 0 aromatic carbocycles. The third kappa shape index (κ3) is 2.64. The van der Waals surface area contributed by atoms with E-state index >= 15 is 0 Å². The van der Waals surface area contributed by atoms with Crippen molar-refractivity contribution in [2.45, 2.75) is 12.8 Å². The molecular weight excluding hydrogens is 266 g/mol. The summed E-state index contributed by atoms with van der Waals surface area (Å²) in [6.07, 6.45) is 3.93. The molecule has 2 aromatic heterocycles. The minimum absolute atomic E-state index is 0.241. The second kappa shape index (κ2) is 5.30. The summed E-state index contributed by atoms with van der Waals surface area (Å²) in [6, 6.07) is 0.